The molecule has 2 nitrogen and oxygen atoms in total. The first-order chi connectivity index (χ1) is 6.66. The van der Waals surface area contributed by atoms with E-state index in [1.807, 2.05) is 18.2 Å². The standard InChI is InChI=1S/C12H14O2/c1-8-5-11-4-3-10(9(2)13)6-12(11)14-7-8/h3-4,6,8H,5,7H2,1-2H3. The summed E-state index contributed by atoms with van der Waals surface area (Å²) in [4.78, 5) is 11.1. The molecule has 1 aromatic rings. The van der Waals surface area contributed by atoms with Gasteiger partial charge in [0.05, 0.1) is 6.61 Å². The van der Waals surface area contributed by atoms with Crippen LogP contribution in [0.3, 0.4) is 0 Å². The molecule has 0 bridgehead atoms. The zero-order valence-corrected chi connectivity index (χ0v) is 8.54. The van der Waals surface area contributed by atoms with Crippen molar-refractivity contribution < 1.29 is 9.53 Å². The van der Waals surface area contributed by atoms with Crippen molar-refractivity contribution in [1.82, 2.24) is 0 Å². The molecule has 14 heavy (non-hydrogen) atoms. The van der Waals surface area contributed by atoms with Gasteiger partial charge in [0.25, 0.3) is 0 Å². The molecule has 74 valence electrons. The molecule has 1 unspecified atom stereocenters. The molecule has 1 heterocycles. The molecule has 1 aromatic carbocycles. The van der Waals surface area contributed by atoms with Crippen molar-refractivity contribution in [2.24, 2.45) is 5.92 Å². The average Bonchev–Trinajstić information content (AvgIpc) is 2.16. The number of Topliss-reactive ketones (excluding diaryl/α,β-unsaturated/α-hetero) is 1. The summed E-state index contributed by atoms with van der Waals surface area (Å²) in [6.45, 7) is 4.50. The smallest absolute Gasteiger partial charge is 0.159 e. The highest BCUT2D eigenvalue weighted by atomic mass is 16.5. The molecule has 0 saturated heterocycles. The topological polar surface area (TPSA) is 26.3 Å². The molecule has 2 heteroatoms. The molecule has 1 aliphatic heterocycles. The fourth-order valence-corrected chi connectivity index (χ4v) is 1.74. The number of fused-ring (bicyclic) bond motifs is 1. The molecule has 0 amide bonds. The van der Waals surface area contributed by atoms with E-state index >= 15 is 0 Å². The van der Waals surface area contributed by atoms with Gasteiger partial charge in [0.2, 0.25) is 0 Å². The van der Waals surface area contributed by atoms with Crippen LogP contribution in [-0.4, -0.2) is 12.4 Å². The first kappa shape index (κ1) is 9.25. The third-order valence-electron chi connectivity index (χ3n) is 2.57. The van der Waals surface area contributed by atoms with E-state index in [0.717, 1.165) is 24.3 Å². The Kier molecular flexibility index (Phi) is 2.28. The summed E-state index contributed by atoms with van der Waals surface area (Å²) in [5, 5.41) is 0. The van der Waals surface area contributed by atoms with Gasteiger partial charge in [-0.15, -0.1) is 0 Å². The summed E-state index contributed by atoms with van der Waals surface area (Å²) in [6, 6.07) is 5.73. The summed E-state index contributed by atoms with van der Waals surface area (Å²) >= 11 is 0. The van der Waals surface area contributed by atoms with Crippen LogP contribution in [0.2, 0.25) is 0 Å². The minimum atomic E-state index is 0.0926. The van der Waals surface area contributed by atoms with Gasteiger partial charge < -0.3 is 4.74 Å². The Balaban J connectivity index is 2.36. The molecular formula is C12H14O2. The van der Waals surface area contributed by atoms with E-state index in [1.165, 1.54) is 5.56 Å². The lowest BCUT2D eigenvalue weighted by atomic mass is 9.96. The summed E-state index contributed by atoms with van der Waals surface area (Å²) < 4.78 is 5.57. The van der Waals surface area contributed by atoms with Gasteiger partial charge in [-0.25, -0.2) is 0 Å². The molecule has 0 spiro atoms. The van der Waals surface area contributed by atoms with Crippen LogP contribution in [0.4, 0.5) is 0 Å². The van der Waals surface area contributed by atoms with E-state index in [0.29, 0.717) is 5.92 Å². The van der Waals surface area contributed by atoms with E-state index in [2.05, 4.69) is 6.92 Å². The first-order valence-electron chi connectivity index (χ1n) is 4.93. The largest absolute Gasteiger partial charge is 0.493 e. The summed E-state index contributed by atoms with van der Waals surface area (Å²) in [6.07, 6.45) is 1.05. The van der Waals surface area contributed by atoms with Crippen LogP contribution < -0.4 is 4.74 Å². The predicted molar refractivity (Wildman–Crippen MR) is 54.8 cm³/mol. The van der Waals surface area contributed by atoms with Gasteiger partial charge in [0.1, 0.15) is 5.75 Å². The minimum absolute atomic E-state index is 0.0926. The van der Waals surface area contributed by atoms with Crippen LogP contribution >= 0.6 is 0 Å². The Labute approximate surface area is 83.9 Å². The molecule has 0 aliphatic carbocycles. The highest BCUT2D eigenvalue weighted by Crippen LogP contribution is 2.28. The molecule has 1 aliphatic rings. The molecule has 0 N–H and O–H groups in total. The maximum atomic E-state index is 11.1. The van der Waals surface area contributed by atoms with E-state index in [-0.39, 0.29) is 5.78 Å². The van der Waals surface area contributed by atoms with E-state index in [4.69, 9.17) is 4.74 Å². The number of carbonyl (C=O) groups is 1. The number of benzene rings is 1. The van der Waals surface area contributed by atoms with Crippen molar-refractivity contribution in [3.8, 4) is 5.75 Å². The second-order valence-electron chi connectivity index (χ2n) is 4.00. The maximum Gasteiger partial charge on any atom is 0.159 e. The molecule has 0 fully saturated rings. The Bertz CT molecular complexity index is 369. The molecule has 0 radical (unpaired) electrons. The van der Waals surface area contributed by atoms with Crippen LogP contribution in [0.15, 0.2) is 18.2 Å². The van der Waals surface area contributed by atoms with Crippen molar-refractivity contribution in [2.75, 3.05) is 6.61 Å². The van der Waals surface area contributed by atoms with Gasteiger partial charge in [0, 0.05) is 5.56 Å². The Hall–Kier alpha value is -1.31. The van der Waals surface area contributed by atoms with Crippen LogP contribution in [-0.2, 0) is 6.42 Å². The van der Waals surface area contributed by atoms with Crippen LogP contribution in [0.1, 0.15) is 29.8 Å². The quantitative estimate of drug-likeness (QED) is 0.636. The van der Waals surface area contributed by atoms with E-state index in [9.17, 15) is 4.79 Å². The number of ether oxygens (including phenoxy) is 1. The molecule has 1 atom stereocenters. The van der Waals surface area contributed by atoms with Crippen molar-refractivity contribution in [2.45, 2.75) is 20.3 Å². The first-order valence-corrected chi connectivity index (χ1v) is 4.93. The van der Waals surface area contributed by atoms with Crippen molar-refractivity contribution in [3.63, 3.8) is 0 Å². The van der Waals surface area contributed by atoms with Crippen molar-refractivity contribution in [3.05, 3.63) is 29.3 Å². The fraction of sp³-hybridized carbons (Fsp3) is 0.417. The normalized spacial score (nSPS) is 19.7. The van der Waals surface area contributed by atoms with Crippen LogP contribution in [0, 0.1) is 5.92 Å². The van der Waals surface area contributed by atoms with Gasteiger partial charge in [-0.05, 0) is 30.9 Å². The zero-order valence-electron chi connectivity index (χ0n) is 8.54. The van der Waals surface area contributed by atoms with E-state index in [1.54, 1.807) is 6.92 Å². The van der Waals surface area contributed by atoms with Gasteiger partial charge in [-0.1, -0.05) is 19.1 Å². The Morgan fingerprint density at radius 1 is 1.50 bits per heavy atom. The van der Waals surface area contributed by atoms with Crippen LogP contribution in [0.25, 0.3) is 0 Å². The van der Waals surface area contributed by atoms with Crippen LogP contribution in [0.5, 0.6) is 5.75 Å². The number of hydrogen-bond donors (Lipinski definition) is 0. The Morgan fingerprint density at radius 3 is 3.00 bits per heavy atom. The minimum Gasteiger partial charge on any atom is -0.493 e. The lowest BCUT2D eigenvalue weighted by Gasteiger charge is -2.22. The number of ketones is 1. The highest BCUT2D eigenvalue weighted by molar-refractivity contribution is 5.94. The van der Waals surface area contributed by atoms with Crippen molar-refractivity contribution >= 4 is 5.78 Å². The maximum absolute atomic E-state index is 11.1. The third-order valence-corrected chi connectivity index (χ3v) is 2.57. The molecule has 0 aromatic heterocycles. The lowest BCUT2D eigenvalue weighted by molar-refractivity contribution is 0.101. The van der Waals surface area contributed by atoms with Gasteiger partial charge in [-0.2, -0.15) is 0 Å². The second-order valence-corrected chi connectivity index (χ2v) is 4.00. The zero-order chi connectivity index (χ0) is 10.1. The summed E-state index contributed by atoms with van der Waals surface area (Å²) in [5.41, 5.74) is 1.95. The van der Waals surface area contributed by atoms with E-state index < -0.39 is 0 Å². The second kappa shape index (κ2) is 3.45. The summed E-state index contributed by atoms with van der Waals surface area (Å²) in [7, 11) is 0. The SMILES string of the molecule is CC(=O)c1ccc2c(c1)OCC(C)C2. The highest BCUT2D eigenvalue weighted by Gasteiger charge is 2.16. The van der Waals surface area contributed by atoms with Crippen molar-refractivity contribution in [1.29, 1.82) is 0 Å². The molecule has 2 rings (SSSR count). The lowest BCUT2D eigenvalue weighted by Crippen LogP contribution is -2.18. The van der Waals surface area contributed by atoms with Gasteiger partial charge in [-0.3, -0.25) is 4.79 Å². The fourth-order valence-electron chi connectivity index (χ4n) is 1.74. The Morgan fingerprint density at radius 2 is 2.29 bits per heavy atom. The summed E-state index contributed by atoms with van der Waals surface area (Å²) in [5.74, 6) is 1.55. The molecule has 0 saturated carbocycles. The average molecular weight is 190 g/mol. The number of rotatable bonds is 1. The monoisotopic (exact) mass is 190 g/mol. The molecular weight excluding hydrogens is 176 g/mol. The van der Waals surface area contributed by atoms with Gasteiger partial charge >= 0.3 is 0 Å². The number of hydrogen-bond acceptors (Lipinski definition) is 2. The third kappa shape index (κ3) is 1.65. The van der Waals surface area contributed by atoms with Gasteiger partial charge in [0.15, 0.2) is 5.78 Å². The number of carbonyl (C=O) groups excluding carboxylic acids is 1. The predicted octanol–water partition coefficient (Wildman–Crippen LogP) is 2.46.